The van der Waals surface area contributed by atoms with Crippen LogP contribution < -0.4 is 10.4 Å². The Labute approximate surface area is 186 Å². The molecule has 0 aliphatic carbocycles. The number of nitrogens with one attached hydrogen (secondary N) is 1. The van der Waals surface area contributed by atoms with Crippen LogP contribution in [0.2, 0.25) is 5.02 Å². The molecule has 5 nitrogen and oxygen atoms in total. The van der Waals surface area contributed by atoms with Gasteiger partial charge in [-0.2, -0.15) is 0 Å². The highest BCUT2D eigenvalue weighted by atomic mass is 35.5. The van der Waals surface area contributed by atoms with Crippen LogP contribution in [0.1, 0.15) is 24.1 Å². The summed E-state index contributed by atoms with van der Waals surface area (Å²) in [5.41, 5.74) is 6.12. The van der Waals surface area contributed by atoms with E-state index in [1.165, 1.54) is 0 Å². The summed E-state index contributed by atoms with van der Waals surface area (Å²) in [7, 11) is 0. The van der Waals surface area contributed by atoms with Crippen molar-refractivity contribution in [3.8, 4) is 0 Å². The molecule has 1 heterocycles. The number of ether oxygens (including phenoxy) is 1. The van der Waals surface area contributed by atoms with Crippen molar-refractivity contribution in [2.24, 2.45) is 0 Å². The van der Waals surface area contributed by atoms with E-state index >= 15 is 0 Å². The van der Waals surface area contributed by atoms with Gasteiger partial charge >= 0.3 is 5.97 Å². The molecular weight excluding hydrogens is 412 g/mol. The first kappa shape index (κ1) is 21.0. The van der Waals surface area contributed by atoms with Gasteiger partial charge in [-0.25, -0.2) is 10.2 Å². The molecule has 0 bridgehead atoms. The SMILES string of the molecule is C[C@@H]1C(O)=C(C(=O)OCc2ccccc2)[C@H](c2ccc(Cl)cc2)NN1c1ccccc1. The monoisotopic (exact) mass is 434 g/mol. The Kier molecular flexibility index (Phi) is 6.26. The number of carbonyl (C=O) groups is 1. The van der Waals surface area contributed by atoms with E-state index in [4.69, 9.17) is 16.3 Å². The summed E-state index contributed by atoms with van der Waals surface area (Å²) in [4.78, 5) is 13.1. The van der Waals surface area contributed by atoms with Gasteiger partial charge in [-0.1, -0.05) is 72.3 Å². The fourth-order valence-corrected chi connectivity index (χ4v) is 3.74. The van der Waals surface area contributed by atoms with Gasteiger partial charge in [0.15, 0.2) is 0 Å². The largest absolute Gasteiger partial charge is 0.509 e. The summed E-state index contributed by atoms with van der Waals surface area (Å²) >= 11 is 6.06. The molecule has 1 aliphatic rings. The Bertz CT molecular complexity index is 1070. The van der Waals surface area contributed by atoms with Crippen molar-refractivity contribution in [1.29, 1.82) is 0 Å². The molecule has 2 N–H and O–H groups in total. The number of hydrogen-bond acceptors (Lipinski definition) is 5. The molecule has 0 amide bonds. The van der Waals surface area contributed by atoms with E-state index in [1.807, 2.05) is 84.7 Å². The van der Waals surface area contributed by atoms with Gasteiger partial charge in [-0.15, -0.1) is 0 Å². The number of hydrazine groups is 1. The summed E-state index contributed by atoms with van der Waals surface area (Å²) in [6, 6.07) is 25.2. The highest BCUT2D eigenvalue weighted by molar-refractivity contribution is 6.30. The average Bonchev–Trinajstić information content (AvgIpc) is 2.81. The molecule has 6 heteroatoms. The van der Waals surface area contributed by atoms with Gasteiger partial charge in [0.05, 0.1) is 17.3 Å². The van der Waals surface area contributed by atoms with Crippen LogP contribution in [0.5, 0.6) is 0 Å². The van der Waals surface area contributed by atoms with E-state index in [9.17, 15) is 9.90 Å². The van der Waals surface area contributed by atoms with E-state index in [-0.39, 0.29) is 17.9 Å². The first-order valence-corrected chi connectivity index (χ1v) is 10.4. The maximum Gasteiger partial charge on any atom is 0.339 e. The van der Waals surface area contributed by atoms with Gasteiger partial charge < -0.3 is 9.84 Å². The van der Waals surface area contributed by atoms with Gasteiger partial charge in [0, 0.05) is 5.02 Å². The van der Waals surface area contributed by atoms with Gasteiger partial charge in [0.25, 0.3) is 0 Å². The van der Waals surface area contributed by atoms with Crippen molar-refractivity contribution in [2.75, 3.05) is 5.01 Å². The molecule has 0 fully saturated rings. The lowest BCUT2D eigenvalue weighted by atomic mass is 9.93. The Morgan fingerprint density at radius 3 is 2.26 bits per heavy atom. The Balaban J connectivity index is 1.69. The van der Waals surface area contributed by atoms with E-state index < -0.39 is 18.1 Å². The van der Waals surface area contributed by atoms with Crippen LogP contribution in [0.3, 0.4) is 0 Å². The van der Waals surface area contributed by atoms with Crippen LogP contribution in [-0.4, -0.2) is 17.1 Å². The quantitative estimate of drug-likeness (QED) is 0.530. The summed E-state index contributed by atoms with van der Waals surface area (Å²) in [6.45, 7) is 1.96. The number of para-hydroxylation sites is 1. The zero-order valence-electron chi connectivity index (χ0n) is 17.0. The van der Waals surface area contributed by atoms with E-state index in [1.54, 1.807) is 12.1 Å². The third-order valence-corrected chi connectivity index (χ3v) is 5.54. The topological polar surface area (TPSA) is 61.8 Å². The molecule has 0 radical (unpaired) electrons. The number of aliphatic hydroxyl groups excluding tert-OH is 1. The smallest absolute Gasteiger partial charge is 0.339 e. The van der Waals surface area contributed by atoms with Crippen LogP contribution in [0.25, 0.3) is 0 Å². The minimum atomic E-state index is -0.600. The predicted octanol–water partition coefficient (Wildman–Crippen LogP) is 5.35. The fraction of sp³-hybridized carbons (Fsp3) is 0.160. The molecule has 0 saturated heterocycles. The van der Waals surface area contributed by atoms with E-state index in [2.05, 4.69) is 5.43 Å². The van der Waals surface area contributed by atoms with Crippen molar-refractivity contribution in [1.82, 2.24) is 5.43 Å². The Morgan fingerprint density at radius 2 is 1.61 bits per heavy atom. The first-order valence-electron chi connectivity index (χ1n) is 10.0. The second-order valence-electron chi connectivity index (χ2n) is 7.36. The Hall–Kier alpha value is -3.28. The number of benzene rings is 3. The minimum Gasteiger partial charge on any atom is -0.509 e. The van der Waals surface area contributed by atoms with Gasteiger partial charge in [-0.05, 0) is 42.3 Å². The zero-order chi connectivity index (χ0) is 21.8. The maximum absolute atomic E-state index is 13.1. The van der Waals surface area contributed by atoms with E-state index in [0.717, 1.165) is 16.8 Å². The zero-order valence-corrected chi connectivity index (χ0v) is 17.8. The number of anilines is 1. The maximum atomic E-state index is 13.1. The second-order valence-corrected chi connectivity index (χ2v) is 7.79. The lowest BCUT2D eigenvalue weighted by Gasteiger charge is -2.40. The number of rotatable bonds is 5. The van der Waals surface area contributed by atoms with Gasteiger partial charge in [-0.3, -0.25) is 5.01 Å². The molecule has 3 aromatic carbocycles. The first-order chi connectivity index (χ1) is 15.0. The van der Waals surface area contributed by atoms with Crippen LogP contribution in [0, 0.1) is 0 Å². The number of halogens is 1. The molecule has 4 rings (SSSR count). The van der Waals surface area contributed by atoms with Crippen molar-refractivity contribution in [3.63, 3.8) is 0 Å². The van der Waals surface area contributed by atoms with Crippen LogP contribution >= 0.6 is 11.6 Å². The number of hydrogen-bond donors (Lipinski definition) is 2. The van der Waals surface area contributed by atoms with Crippen molar-refractivity contribution < 1.29 is 14.6 Å². The van der Waals surface area contributed by atoms with Crippen LogP contribution in [0.15, 0.2) is 96.3 Å². The van der Waals surface area contributed by atoms with Gasteiger partial charge in [0.1, 0.15) is 18.4 Å². The third kappa shape index (κ3) is 4.58. The molecule has 0 unspecified atom stereocenters. The second kappa shape index (κ2) is 9.25. The predicted molar refractivity (Wildman–Crippen MR) is 122 cm³/mol. The third-order valence-electron chi connectivity index (χ3n) is 5.29. The number of nitrogens with zero attached hydrogens (tertiary/aromatic N) is 1. The molecule has 0 spiro atoms. The molecule has 0 saturated carbocycles. The highest BCUT2D eigenvalue weighted by Crippen LogP contribution is 2.34. The van der Waals surface area contributed by atoms with Crippen molar-refractivity contribution in [2.45, 2.75) is 25.6 Å². The summed E-state index contributed by atoms with van der Waals surface area (Å²) in [5, 5.41) is 13.5. The van der Waals surface area contributed by atoms with Crippen molar-refractivity contribution >= 4 is 23.3 Å². The van der Waals surface area contributed by atoms with Gasteiger partial charge in [0.2, 0.25) is 0 Å². The lowest BCUT2D eigenvalue weighted by molar-refractivity contribution is -0.141. The molecule has 0 aromatic heterocycles. The summed E-state index contributed by atoms with van der Waals surface area (Å²) in [5.74, 6) is -0.589. The lowest BCUT2D eigenvalue weighted by Crippen LogP contribution is -2.53. The number of aliphatic hydroxyl groups is 1. The number of carbonyl (C=O) groups excluding carboxylic acids is 1. The molecule has 2 atom stereocenters. The average molecular weight is 435 g/mol. The number of esters is 1. The fourth-order valence-electron chi connectivity index (χ4n) is 3.62. The minimum absolute atomic E-state index is 0.0272. The highest BCUT2D eigenvalue weighted by Gasteiger charge is 2.38. The Morgan fingerprint density at radius 1 is 1.00 bits per heavy atom. The molecule has 31 heavy (non-hydrogen) atoms. The molecular formula is C25H23ClN2O3. The van der Waals surface area contributed by atoms with Crippen LogP contribution in [0.4, 0.5) is 5.69 Å². The van der Waals surface area contributed by atoms with Crippen LogP contribution in [-0.2, 0) is 16.1 Å². The van der Waals surface area contributed by atoms with Crippen molar-refractivity contribution in [3.05, 3.63) is 112 Å². The standard InChI is InChI=1S/C25H23ClN2O3/c1-17-24(29)22(25(30)31-16-18-8-4-2-5-9-18)23(19-12-14-20(26)15-13-19)27-28(17)21-10-6-3-7-11-21/h2-15,17,23,27,29H,16H2,1H3/t17-,23+/m1/s1. The summed E-state index contributed by atoms with van der Waals surface area (Å²) in [6.07, 6.45) is 0. The normalized spacial score (nSPS) is 18.7. The van der Waals surface area contributed by atoms with E-state index in [0.29, 0.717) is 5.02 Å². The molecule has 158 valence electrons. The molecule has 3 aromatic rings. The molecule has 1 aliphatic heterocycles. The summed E-state index contributed by atoms with van der Waals surface area (Å²) < 4.78 is 5.56.